The molecule has 1 fully saturated rings. The van der Waals surface area contributed by atoms with Gasteiger partial charge in [0.2, 0.25) is 0 Å². The predicted molar refractivity (Wildman–Crippen MR) is 55.5 cm³/mol. The minimum atomic E-state index is 0.110. The van der Waals surface area contributed by atoms with E-state index in [-0.39, 0.29) is 6.10 Å². The Balaban J connectivity index is 2.17. The van der Waals surface area contributed by atoms with Gasteiger partial charge in [-0.3, -0.25) is 0 Å². The van der Waals surface area contributed by atoms with Crippen molar-refractivity contribution in [1.82, 2.24) is 4.90 Å². The smallest absolute Gasteiger partial charge is 0.259 e. The van der Waals surface area contributed by atoms with Crippen molar-refractivity contribution < 1.29 is 4.74 Å². The van der Waals surface area contributed by atoms with Crippen molar-refractivity contribution in [1.29, 1.82) is 0 Å². The van der Waals surface area contributed by atoms with E-state index in [4.69, 9.17) is 17.0 Å². The van der Waals surface area contributed by atoms with E-state index < -0.39 is 0 Å². The van der Waals surface area contributed by atoms with Crippen molar-refractivity contribution >= 4 is 17.4 Å². The lowest BCUT2D eigenvalue weighted by Gasteiger charge is -2.07. The van der Waals surface area contributed by atoms with E-state index in [0.29, 0.717) is 5.17 Å². The standard InChI is InChI=1S/C10H11NOS/c1-11-7-9(12-10(11)13)8-5-3-2-4-6-8/h2-6,9H,7H2,1H3. The summed E-state index contributed by atoms with van der Waals surface area (Å²) >= 11 is 5.02. The quantitative estimate of drug-likeness (QED) is 0.633. The Bertz CT molecular complexity index is 312. The van der Waals surface area contributed by atoms with Crippen LogP contribution in [0.5, 0.6) is 0 Å². The number of ether oxygens (including phenoxy) is 1. The SMILES string of the molecule is CN1CC(c2ccccc2)OC1=S. The van der Waals surface area contributed by atoms with Crippen LogP contribution in [0.15, 0.2) is 30.3 Å². The lowest BCUT2D eigenvalue weighted by Crippen LogP contribution is -2.17. The average molecular weight is 193 g/mol. The molecule has 1 heterocycles. The third-order valence-corrected chi connectivity index (χ3v) is 2.57. The van der Waals surface area contributed by atoms with E-state index in [1.807, 2.05) is 30.1 Å². The molecule has 1 aliphatic rings. The van der Waals surface area contributed by atoms with Gasteiger partial charge in [0.1, 0.15) is 6.10 Å². The molecule has 1 atom stereocenters. The van der Waals surface area contributed by atoms with Crippen LogP contribution < -0.4 is 0 Å². The average Bonchev–Trinajstić information content (AvgIpc) is 2.49. The van der Waals surface area contributed by atoms with E-state index in [9.17, 15) is 0 Å². The predicted octanol–water partition coefficient (Wildman–Crippen LogP) is 1.97. The molecule has 0 amide bonds. The molecule has 1 aliphatic heterocycles. The molecule has 0 aromatic heterocycles. The molecule has 0 spiro atoms. The van der Waals surface area contributed by atoms with Gasteiger partial charge in [0.05, 0.1) is 6.54 Å². The molecule has 0 saturated carbocycles. The van der Waals surface area contributed by atoms with Crippen molar-refractivity contribution in [3.63, 3.8) is 0 Å². The fraction of sp³-hybridized carbons (Fsp3) is 0.300. The topological polar surface area (TPSA) is 12.5 Å². The first-order chi connectivity index (χ1) is 6.27. The summed E-state index contributed by atoms with van der Waals surface area (Å²) < 4.78 is 5.52. The molecule has 3 heteroatoms. The number of rotatable bonds is 1. The zero-order chi connectivity index (χ0) is 9.26. The lowest BCUT2D eigenvalue weighted by atomic mass is 10.1. The zero-order valence-electron chi connectivity index (χ0n) is 7.43. The third kappa shape index (κ3) is 1.65. The number of thiocarbonyl (C=S) groups is 1. The van der Waals surface area contributed by atoms with Crippen LogP contribution in [0, 0.1) is 0 Å². The van der Waals surface area contributed by atoms with Crippen LogP contribution in [0.2, 0.25) is 0 Å². The van der Waals surface area contributed by atoms with Crippen LogP contribution in [-0.4, -0.2) is 23.7 Å². The zero-order valence-corrected chi connectivity index (χ0v) is 8.25. The Kier molecular flexibility index (Phi) is 2.19. The summed E-state index contributed by atoms with van der Waals surface area (Å²) in [6.07, 6.45) is 0.110. The first-order valence-electron chi connectivity index (χ1n) is 4.24. The van der Waals surface area contributed by atoms with E-state index in [1.165, 1.54) is 5.56 Å². The molecule has 0 bridgehead atoms. The number of benzene rings is 1. The Morgan fingerprint density at radius 2 is 2.08 bits per heavy atom. The maximum absolute atomic E-state index is 5.52. The highest BCUT2D eigenvalue weighted by Gasteiger charge is 2.25. The molecule has 1 saturated heterocycles. The summed E-state index contributed by atoms with van der Waals surface area (Å²) in [5.41, 5.74) is 1.19. The first kappa shape index (κ1) is 8.51. The molecule has 1 aromatic carbocycles. The summed E-state index contributed by atoms with van der Waals surface area (Å²) in [5.74, 6) is 0. The summed E-state index contributed by atoms with van der Waals surface area (Å²) in [7, 11) is 1.95. The molecule has 1 unspecified atom stereocenters. The van der Waals surface area contributed by atoms with Gasteiger partial charge in [-0.05, 0) is 17.8 Å². The van der Waals surface area contributed by atoms with Gasteiger partial charge in [-0.25, -0.2) is 0 Å². The highest BCUT2D eigenvalue weighted by molar-refractivity contribution is 7.80. The van der Waals surface area contributed by atoms with Crippen LogP contribution >= 0.6 is 12.2 Å². The molecular weight excluding hydrogens is 182 g/mol. The van der Waals surface area contributed by atoms with Gasteiger partial charge >= 0.3 is 0 Å². The molecule has 2 nitrogen and oxygen atoms in total. The molecule has 13 heavy (non-hydrogen) atoms. The summed E-state index contributed by atoms with van der Waals surface area (Å²) in [4.78, 5) is 1.95. The van der Waals surface area contributed by atoms with Crippen LogP contribution in [0.25, 0.3) is 0 Å². The van der Waals surface area contributed by atoms with Gasteiger partial charge in [-0.1, -0.05) is 30.3 Å². The fourth-order valence-electron chi connectivity index (χ4n) is 1.41. The first-order valence-corrected chi connectivity index (χ1v) is 4.65. The summed E-state index contributed by atoms with van der Waals surface area (Å²) in [5, 5.41) is 0.592. The van der Waals surface area contributed by atoms with Crippen molar-refractivity contribution in [3.8, 4) is 0 Å². The molecule has 0 N–H and O–H groups in total. The van der Waals surface area contributed by atoms with Crippen LogP contribution in [0.1, 0.15) is 11.7 Å². The normalized spacial score (nSPS) is 21.8. The van der Waals surface area contributed by atoms with E-state index in [1.54, 1.807) is 0 Å². The van der Waals surface area contributed by atoms with Crippen LogP contribution in [0.4, 0.5) is 0 Å². The number of likely N-dealkylation sites (N-methyl/N-ethyl adjacent to an activating group) is 1. The number of hydrogen-bond acceptors (Lipinski definition) is 2. The second-order valence-corrected chi connectivity index (χ2v) is 3.51. The van der Waals surface area contributed by atoms with Crippen molar-refractivity contribution in [3.05, 3.63) is 35.9 Å². The highest BCUT2D eigenvalue weighted by atomic mass is 32.1. The van der Waals surface area contributed by atoms with Crippen molar-refractivity contribution in [2.45, 2.75) is 6.10 Å². The van der Waals surface area contributed by atoms with E-state index >= 15 is 0 Å². The Hall–Kier alpha value is -1.09. The summed E-state index contributed by atoms with van der Waals surface area (Å²) in [6.45, 7) is 0.850. The molecule has 0 radical (unpaired) electrons. The van der Waals surface area contributed by atoms with Gasteiger partial charge in [0.15, 0.2) is 0 Å². The largest absolute Gasteiger partial charge is 0.461 e. The number of nitrogens with zero attached hydrogens (tertiary/aromatic N) is 1. The minimum Gasteiger partial charge on any atom is -0.461 e. The second-order valence-electron chi connectivity index (χ2n) is 3.16. The second kappa shape index (κ2) is 3.34. The molecule has 1 aromatic rings. The Morgan fingerprint density at radius 1 is 1.38 bits per heavy atom. The molecule has 0 aliphatic carbocycles. The van der Waals surface area contributed by atoms with Gasteiger partial charge in [0, 0.05) is 7.05 Å². The molecule has 68 valence electrons. The summed E-state index contributed by atoms with van der Waals surface area (Å²) in [6, 6.07) is 10.2. The molecule has 2 rings (SSSR count). The monoisotopic (exact) mass is 193 g/mol. The lowest BCUT2D eigenvalue weighted by molar-refractivity contribution is 0.240. The van der Waals surface area contributed by atoms with E-state index in [0.717, 1.165) is 6.54 Å². The van der Waals surface area contributed by atoms with Gasteiger partial charge in [-0.2, -0.15) is 0 Å². The molecular formula is C10H11NOS. The minimum absolute atomic E-state index is 0.110. The Morgan fingerprint density at radius 3 is 2.62 bits per heavy atom. The van der Waals surface area contributed by atoms with Crippen LogP contribution in [-0.2, 0) is 4.74 Å². The van der Waals surface area contributed by atoms with Gasteiger partial charge in [-0.15, -0.1) is 0 Å². The maximum Gasteiger partial charge on any atom is 0.259 e. The fourth-order valence-corrected chi connectivity index (χ4v) is 1.60. The highest BCUT2D eigenvalue weighted by Crippen LogP contribution is 2.24. The number of hydrogen-bond donors (Lipinski definition) is 0. The van der Waals surface area contributed by atoms with Crippen molar-refractivity contribution in [2.75, 3.05) is 13.6 Å². The van der Waals surface area contributed by atoms with Crippen LogP contribution in [0.3, 0.4) is 0 Å². The third-order valence-electron chi connectivity index (χ3n) is 2.17. The van der Waals surface area contributed by atoms with E-state index in [2.05, 4.69) is 12.1 Å². The Labute approximate surface area is 83.1 Å². The van der Waals surface area contributed by atoms with Crippen molar-refractivity contribution in [2.24, 2.45) is 0 Å². The van der Waals surface area contributed by atoms with Gasteiger partial charge in [0.25, 0.3) is 5.17 Å². The maximum atomic E-state index is 5.52. The van der Waals surface area contributed by atoms with Gasteiger partial charge < -0.3 is 9.64 Å².